The number of nitrogens with one attached hydrogen (secondary N) is 1. The summed E-state index contributed by atoms with van der Waals surface area (Å²) < 4.78 is 0.784. The first-order valence-electron chi connectivity index (χ1n) is 6.42. The van der Waals surface area contributed by atoms with E-state index in [-0.39, 0.29) is 5.91 Å². The predicted octanol–water partition coefficient (Wildman–Crippen LogP) is 4.59. The van der Waals surface area contributed by atoms with Gasteiger partial charge in [0.05, 0.1) is 5.02 Å². The third-order valence-electron chi connectivity index (χ3n) is 3.12. The van der Waals surface area contributed by atoms with Crippen LogP contribution in [0.15, 0.2) is 46.9 Å². The third-order valence-corrected chi connectivity index (χ3v) is 4.35. The normalized spacial score (nSPS) is 10.3. The van der Waals surface area contributed by atoms with Crippen LogP contribution >= 0.6 is 27.5 Å². The van der Waals surface area contributed by atoms with Crippen LogP contribution in [0.3, 0.4) is 0 Å². The molecule has 2 aromatic rings. The van der Waals surface area contributed by atoms with E-state index in [4.69, 9.17) is 11.6 Å². The van der Waals surface area contributed by atoms with E-state index >= 15 is 0 Å². The Hall–Kier alpha value is -1.32. The molecule has 0 heterocycles. The summed E-state index contributed by atoms with van der Waals surface area (Å²) in [6.45, 7) is 2.63. The first-order chi connectivity index (χ1) is 9.61. The van der Waals surface area contributed by atoms with E-state index in [9.17, 15) is 4.79 Å². The van der Waals surface area contributed by atoms with Crippen molar-refractivity contribution in [3.63, 3.8) is 0 Å². The van der Waals surface area contributed by atoms with Crippen LogP contribution in [0.5, 0.6) is 0 Å². The van der Waals surface area contributed by atoms with Gasteiger partial charge in [0.2, 0.25) is 0 Å². The van der Waals surface area contributed by atoms with Crippen molar-refractivity contribution in [2.75, 3.05) is 0 Å². The molecule has 0 radical (unpaired) electrons. The number of halogens is 2. The second-order valence-corrected chi connectivity index (χ2v) is 5.70. The largest absolute Gasteiger partial charge is 0.348 e. The lowest BCUT2D eigenvalue weighted by Gasteiger charge is -2.09. The zero-order valence-electron chi connectivity index (χ0n) is 11.1. The van der Waals surface area contributed by atoms with Crippen molar-refractivity contribution in [2.24, 2.45) is 0 Å². The van der Waals surface area contributed by atoms with E-state index in [2.05, 4.69) is 34.2 Å². The Balaban J connectivity index is 2.06. The number of carbonyl (C=O) groups excluding carboxylic acids is 1. The van der Waals surface area contributed by atoms with Gasteiger partial charge in [-0.2, -0.15) is 0 Å². The topological polar surface area (TPSA) is 29.1 Å². The number of aryl methyl sites for hydroxylation is 1. The van der Waals surface area contributed by atoms with Gasteiger partial charge in [0.15, 0.2) is 0 Å². The standard InChI is InChI=1S/C16H15BrClNO/c1-2-11-5-3-4-6-13(11)10-19-16(20)12-7-8-14(17)15(18)9-12/h3-9H,2,10H2,1H3,(H,19,20). The lowest BCUT2D eigenvalue weighted by molar-refractivity contribution is 0.0951. The minimum absolute atomic E-state index is 0.120. The molecule has 2 rings (SSSR count). The van der Waals surface area contributed by atoms with E-state index in [1.807, 2.05) is 18.2 Å². The minimum Gasteiger partial charge on any atom is -0.348 e. The molecule has 4 heteroatoms. The molecular weight excluding hydrogens is 338 g/mol. The zero-order valence-corrected chi connectivity index (χ0v) is 13.5. The molecule has 0 aliphatic heterocycles. The average molecular weight is 353 g/mol. The number of rotatable bonds is 4. The van der Waals surface area contributed by atoms with Crippen LogP contribution in [0, 0.1) is 0 Å². The predicted molar refractivity (Wildman–Crippen MR) is 86.1 cm³/mol. The summed E-state index contributed by atoms with van der Waals surface area (Å²) in [6, 6.07) is 13.3. The molecule has 0 saturated heterocycles. The van der Waals surface area contributed by atoms with Crippen LogP contribution in [0.2, 0.25) is 5.02 Å². The van der Waals surface area contributed by atoms with Crippen LogP contribution in [0.25, 0.3) is 0 Å². The first kappa shape index (κ1) is 15.1. The van der Waals surface area contributed by atoms with E-state index in [1.54, 1.807) is 18.2 Å². The molecule has 2 nitrogen and oxygen atoms in total. The molecule has 0 unspecified atom stereocenters. The Bertz CT molecular complexity index is 628. The molecule has 2 aromatic carbocycles. The zero-order chi connectivity index (χ0) is 14.5. The Kier molecular flexibility index (Phi) is 5.21. The molecule has 0 atom stereocenters. The fourth-order valence-corrected chi connectivity index (χ4v) is 2.42. The Morgan fingerprint density at radius 2 is 1.90 bits per heavy atom. The summed E-state index contributed by atoms with van der Waals surface area (Å²) in [5.41, 5.74) is 2.96. The van der Waals surface area contributed by atoms with Gasteiger partial charge in [-0.1, -0.05) is 42.8 Å². The Morgan fingerprint density at radius 1 is 1.20 bits per heavy atom. The molecule has 0 fully saturated rings. The van der Waals surface area contributed by atoms with Gasteiger partial charge >= 0.3 is 0 Å². The van der Waals surface area contributed by atoms with Gasteiger partial charge in [-0.15, -0.1) is 0 Å². The summed E-state index contributed by atoms with van der Waals surface area (Å²) in [5, 5.41) is 3.46. The van der Waals surface area contributed by atoms with Gasteiger partial charge in [-0.3, -0.25) is 4.79 Å². The number of hydrogen-bond donors (Lipinski definition) is 1. The summed E-state index contributed by atoms with van der Waals surface area (Å²) >= 11 is 9.31. The van der Waals surface area contributed by atoms with E-state index in [0.29, 0.717) is 17.1 Å². The van der Waals surface area contributed by atoms with Gasteiger partial charge < -0.3 is 5.32 Å². The Labute approximate surface area is 132 Å². The number of benzene rings is 2. The van der Waals surface area contributed by atoms with Gasteiger partial charge in [-0.05, 0) is 51.7 Å². The molecule has 1 N–H and O–H groups in total. The molecule has 0 bridgehead atoms. The highest BCUT2D eigenvalue weighted by atomic mass is 79.9. The molecule has 1 amide bonds. The smallest absolute Gasteiger partial charge is 0.251 e. The molecule has 0 aliphatic rings. The van der Waals surface area contributed by atoms with Crippen molar-refractivity contribution >= 4 is 33.4 Å². The second kappa shape index (κ2) is 6.91. The lowest BCUT2D eigenvalue weighted by atomic mass is 10.1. The lowest BCUT2D eigenvalue weighted by Crippen LogP contribution is -2.23. The maximum atomic E-state index is 12.1. The van der Waals surface area contributed by atoms with Crippen LogP contribution in [-0.2, 0) is 13.0 Å². The minimum atomic E-state index is -0.120. The quantitative estimate of drug-likeness (QED) is 0.856. The molecule has 20 heavy (non-hydrogen) atoms. The fraction of sp³-hybridized carbons (Fsp3) is 0.188. The molecule has 0 aliphatic carbocycles. The molecule has 0 saturated carbocycles. The van der Waals surface area contributed by atoms with Gasteiger partial charge in [-0.25, -0.2) is 0 Å². The van der Waals surface area contributed by atoms with Gasteiger partial charge in [0, 0.05) is 16.6 Å². The summed E-state index contributed by atoms with van der Waals surface area (Å²) in [7, 11) is 0. The number of amides is 1. The van der Waals surface area contributed by atoms with E-state index in [1.165, 1.54) is 5.56 Å². The van der Waals surface area contributed by atoms with E-state index in [0.717, 1.165) is 16.5 Å². The van der Waals surface area contributed by atoms with Crippen molar-refractivity contribution in [1.29, 1.82) is 0 Å². The highest BCUT2D eigenvalue weighted by molar-refractivity contribution is 9.10. The highest BCUT2D eigenvalue weighted by Gasteiger charge is 2.08. The van der Waals surface area contributed by atoms with E-state index < -0.39 is 0 Å². The van der Waals surface area contributed by atoms with Crippen LogP contribution in [-0.4, -0.2) is 5.91 Å². The summed E-state index contributed by atoms with van der Waals surface area (Å²) in [4.78, 5) is 12.1. The Morgan fingerprint density at radius 3 is 2.55 bits per heavy atom. The SMILES string of the molecule is CCc1ccccc1CNC(=O)c1ccc(Br)c(Cl)c1. The summed E-state index contributed by atoms with van der Waals surface area (Å²) in [5.74, 6) is -0.120. The molecular formula is C16H15BrClNO. The average Bonchev–Trinajstić information content (AvgIpc) is 2.47. The fourth-order valence-electron chi connectivity index (χ4n) is 1.99. The van der Waals surface area contributed by atoms with Gasteiger partial charge in [0.1, 0.15) is 0 Å². The monoisotopic (exact) mass is 351 g/mol. The first-order valence-corrected chi connectivity index (χ1v) is 7.59. The molecule has 0 spiro atoms. The van der Waals surface area contributed by atoms with Crippen LogP contribution < -0.4 is 5.32 Å². The highest BCUT2D eigenvalue weighted by Crippen LogP contribution is 2.23. The number of carbonyl (C=O) groups is 1. The second-order valence-electron chi connectivity index (χ2n) is 4.43. The van der Waals surface area contributed by atoms with Crippen molar-refractivity contribution in [3.05, 3.63) is 68.7 Å². The maximum absolute atomic E-state index is 12.1. The maximum Gasteiger partial charge on any atom is 0.251 e. The van der Waals surface area contributed by atoms with Crippen molar-refractivity contribution < 1.29 is 4.79 Å². The van der Waals surface area contributed by atoms with Gasteiger partial charge in [0.25, 0.3) is 5.91 Å². The summed E-state index contributed by atoms with van der Waals surface area (Å²) in [6.07, 6.45) is 0.955. The number of hydrogen-bond acceptors (Lipinski definition) is 1. The van der Waals surface area contributed by atoms with Crippen molar-refractivity contribution in [1.82, 2.24) is 5.32 Å². The van der Waals surface area contributed by atoms with Crippen molar-refractivity contribution in [2.45, 2.75) is 19.9 Å². The third kappa shape index (κ3) is 3.62. The van der Waals surface area contributed by atoms with Crippen molar-refractivity contribution in [3.8, 4) is 0 Å². The molecule has 0 aromatic heterocycles. The van der Waals surface area contributed by atoms with Crippen LogP contribution in [0.4, 0.5) is 0 Å². The van der Waals surface area contributed by atoms with Crippen LogP contribution in [0.1, 0.15) is 28.4 Å². The molecule has 104 valence electrons.